The van der Waals surface area contributed by atoms with Crippen molar-refractivity contribution in [2.24, 2.45) is 5.73 Å². The zero-order valence-electron chi connectivity index (χ0n) is 18.9. The molecule has 1 aliphatic heterocycles. The zero-order chi connectivity index (χ0) is 24.9. The van der Waals surface area contributed by atoms with Crippen LogP contribution in [0.25, 0.3) is 11.3 Å². The van der Waals surface area contributed by atoms with Gasteiger partial charge in [0.05, 0.1) is 24.4 Å². The lowest BCUT2D eigenvalue weighted by Gasteiger charge is -2.28. The highest BCUT2D eigenvalue weighted by atomic mass is 16.5. The third-order valence-electron chi connectivity index (χ3n) is 5.55. The molecule has 1 atom stereocenters. The first-order valence-electron chi connectivity index (χ1n) is 10.7. The highest BCUT2D eigenvalue weighted by Gasteiger charge is 2.45. The fourth-order valence-electron chi connectivity index (χ4n) is 3.91. The molecule has 0 saturated carbocycles. The molecule has 1 amide bonds. The van der Waals surface area contributed by atoms with Gasteiger partial charge in [-0.3, -0.25) is 14.5 Å². The molecule has 0 radical (unpaired) electrons. The van der Waals surface area contributed by atoms with E-state index in [1.54, 1.807) is 66.7 Å². The summed E-state index contributed by atoms with van der Waals surface area (Å²) in [6.45, 7) is 3.57. The average Bonchev–Trinajstić information content (AvgIpc) is 3.51. The van der Waals surface area contributed by atoms with Gasteiger partial charge in [-0.1, -0.05) is 60.3 Å². The number of hydrogen-bond acceptors (Lipinski definition) is 7. The zero-order valence-corrected chi connectivity index (χ0v) is 18.9. The second-order valence-corrected chi connectivity index (χ2v) is 7.59. The fourth-order valence-corrected chi connectivity index (χ4v) is 3.91. The number of ketones is 1. The van der Waals surface area contributed by atoms with E-state index in [2.05, 4.69) is 11.7 Å². The van der Waals surface area contributed by atoms with Crippen LogP contribution in [0.15, 0.2) is 113 Å². The number of benzene rings is 2. The van der Waals surface area contributed by atoms with Gasteiger partial charge in [-0.2, -0.15) is 0 Å². The van der Waals surface area contributed by atoms with Crippen molar-refractivity contribution in [3.05, 3.63) is 114 Å². The average molecular weight is 469 g/mol. The van der Waals surface area contributed by atoms with Crippen LogP contribution in [0.3, 0.4) is 0 Å². The maximum atomic E-state index is 13.4. The molecule has 35 heavy (non-hydrogen) atoms. The van der Waals surface area contributed by atoms with Gasteiger partial charge in [0.15, 0.2) is 5.76 Å². The van der Waals surface area contributed by atoms with Gasteiger partial charge in [0.2, 0.25) is 5.78 Å². The molecule has 2 heterocycles. The molecule has 8 heteroatoms. The number of hydrogen-bond donors (Lipinski definition) is 2. The summed E-state index contributed by atoms with van der Waals surface area (Å²) in [4.78, 5) is 28.0. The van der Waals surface area contributed by atoms with E-state index >= 15 is 0 Å². The quantitative estimate of drug-likeness (QED) is 0.371. The van der Waals surface area contributed by atoms with Crippen LogP contribution in [0, 0.1) is 0 Å². The maximum absolute atomic E-state index is 13.4. The highest BCUT2D eigenvalue weighted by molar-refractivity contribution is 6.20. The molecule has 8 nitrogen and oxygen atoms in total. The third kappa shape index (κ3) is 4.37. The van der Waals surface area contributed by atoms with Gasteiger partial charge in [-0.15, -0.1) is 0 Å². The molecule has 0 bridgehead atoms. The summed E-state index contributed by atoms with van der Waals surface area (Å²) in [6.07, 6.45) is 7.55. The Balaban J connectivity index is 1.83. The second kappa shape index (κ2) is 9.96. The number of aliphatic hydroxyl groups excluding tert-OH is 1. The lowest BCUT2D eigenvalue weighted by atomic mass is 9.93. The number of aromatic nitrogens is 1. The molecule has 0 saturated heterocycles. The van der Waals surface area contributed by atoms with Gasteiger partial charge in [0.1, 0.15) is 17.7 Å². The van der Waals surface area contributed by atoms with Gasteiger partial charge in [-0.05, 0) is 24.3 Å². The van der Waals surface area contributed by atoms with Crippen LogP contribution >= 0.6 is 0 Å². The van der Waals surface area contributed by atoms with Gasteiger partial charge in [-0.25, -0.2) is 0 Å². The summed E-state index contributed by atoms with van der Waals surface area (Å²) in [5.74, 6) is -1.62. The first kappa shape index (κ1) is 23.3. The molecule has 176 valence electrons. The molecular weight excluding hydrogens is 446 g/mol. The van der Waals surface area contributed by atoms with Gasteiger partial charge >= 0.3 is 0 Å². The first-order chi connectivity index (χ1) is 17.0. The van der Waals surface area contributed by atoms with Gasteiger partial charge in [0, 0.05) is 22.9 Å². The second-order valence-electron chi connectivity index (χ2n) is 7.59. The van der Waals surface area contributed by atoms with Crippen LogP contribution in [0.5, 0.6) is 5.75 Å². The van der Waals surface area contributed by atoms with Crippen LogP contribution in [0.2, 0.25) is 0 Å². The smallest absolute Gasteiger partial charge is 0.294 e. The van der Waals surface area contributed by atoms with Crippen LogP contribution in [-0.2, 0) is 9.59 Å². The van der Waals surface area contributed by atoms with E-state index in [4.69, 9.17) is 15.0 Å². The van der Waals surface area contributed by atoms with Crippen LogP contribution in [0.4, 0.5) is 5.69 Å². The number of methoxy groups -OCH3 is 1. The van der Waals surface area contributed by atoms with E-state index in [0.29, 0.717) is 22.7 Å². The van der Waals surface area contributed by atoms with E-state index in [-0.39, 0.29) is 11.3 Å². The molecule has 4 rings (SSSR count). The number of amides is 1. The Morgan fingerprint density at radius 3 is 2.57 bits per heavy atom. The highest BCUT2D eigenvalue weighted by Crippen LogP contribution is 2.44. The van der Waals surface area contributed by atoms with Crippen molar-refractivity contribution < 1.29 is 24.0 Å². The number of ether oxygens (including phenoxy) is 1. The van der Waals surface area contributed by atoms with Crippen LogP contribution in [-0.4, -0.2) is 29.1 Å². The first-order valence-corrected chi connectivity index (χ1v) is 10.7. The van der Waals surface area contributed by atoms with Crippen molar-refractivity contribution in [1.82, 2.24) is 5.16 Å². The van der Waals surface area contributed by atoms with Gasteiger partial charge < -0.3 is 20.1 Å². The maximum Gasteiger partial charge on any atom is 0.294 e. The lowest BCUT2D eigenvalue weighted by Crippen LogP contribution is -2.31. The molecule has 1 unspecified atom stereocenters. The molecule has 0 spiro atoms. The van der Waals surface area contributed by atoms with Crippen molar-refractivity contribution in [2.75, 3.05) is 12.0 Å². The number of rotatable bonds is 8. The van der Waals surface area contributed by atoms with Crippen molar-refractivity contribution in [3.63, 3.8) is 0 Å². The lowest BCUT2D eigenvalue weighted by molar-refractivity contribution is -0.117. The monoisotopic (exact) mass is 469 g/mol. The number of Topliss-reactive ketones (excluding diaryl/α,β-unsaturated/α-hetero) is 1. The Morgan fingerprint density at radius 1 is 1.17 bits per heavy atom. The number of aliphatic hydroxyl groups is 1. The summed E-state index contributed by atoms with van der Waals surface area (Å²) in [5, 5.41) is 14.8. The van der Waals surface area contributed by atoms with Crippen molar-refractivity contribution in [1.29, 1.82) is 0 Å². The number of anilines is 1. The minimum absolute atomic E-state index is 0.138. The van der Waals surface area contributed by atoms with E-state index in [1.807, 2.05) is 0 Å². The molecule has 0 fully saturated rings. The predicted molar refractivity (Wildman–Crippen MR) is 131 cm³/mol. The predicted octanol–water partition coefficient (Wildman–Crippen LogP) is 4.40. The molecule has 2 aromatic carbocycles. The summed E-state index contributed by atoms with van der Waals surface area (Å²) in [5.41, 5.74) is 8.13. The Bertz CT molecular complexity index is 1350. The number of para-hydroxylation sites is 1. The number of nitrogens with zero attached hydrogens (tertiary/aromatic N) is 2. The molecule has 1 aliphatic rings. The largest absolute Gasteiger partial charge is 0.503 e. The van der Waals surface area contributed by atoms with E-state index in [9.17, 15) is 14.7 Å². The minimum Gasteiger partial charge on any atom is -0.503 e. The topological polar surface area (TPSA) is 119 Å². The summed E-state index contributed by atoms with van der Waals surface area (Å²) >= 11 is 0. The molecular formula is C27H23N3O5. The van der Waals surface area contributed by atoms with Crippen molar-refractivity contribution in [3.8, 4) is 17.0 Å². The number of allylic oxidation sites excluding steroid dienone is 5. The SMILES string of the molecule is C=C/C=C\C=C(/N)C(=O)C1=C(O)C(=O)N(c2ccc(-c3ccon3)cc2)C1c1ccccc1OC. The van der Waals surface area contributed by atoms with Crippen molar-refractivity contribution >= 4 is 17.4 Å². The summed E-state index contributed by atoms with van der Waals surface area (Å²) in [7, 11) is 1.49. The van der Waals surface area contributed by atoms with E-state index < -0.39 is 23.5 Å². The third-order valence-corrected chi connectivity index (χ3v) is 5.55. The Labute approximate surface area is 201 Å². The molecule has 0 aliphatic carbocycles. The van der Waals surface area contributed by atoms with Crippen molar-refractivity contribution in [2.45, 2.75) is 6.04 Å². The molecule has 1 aromatic heterocycles. The normalized spacial score (nSPS) is 16.3. The summed E-state index contributed by atoms with van der Waals surface area (Å²) < 4.78 is 10.4. The molecule has 3 aromatic rings. The number of carbonyl (C=O) groups is 2. The van der Waals surface area contributed by atoms with E-state index in [0.717, 1.165) is 5.56 Å². The molecule has 3 N–H and O–H groups in total. The number of nitrogens with two attached hydrogens (primary N) is 1. The fraction of sp³-hybridized carbons (Fsp3) is 0.0741. The van der Waals surface area contributed by atoms with Crippen LogP contribution in [0.1, 0.15) is 11.6 Å². The Hall–Kier alpha value is -4.85. The van der Waals surface area contributed by atoms with Crippen LogP contribution < -0.4 is 15.4 Å². The minimum atomic E-state index is -0.973. The Morgan fingerprint density at radius 2 is 1.91 bits per heavy atom. The standard InChI is InChI=1S/C27H23N3O5/c1-3-4-5-9-20(28)25(31)23-24(19-8-6-7-10-22(19)34-2)30(27(33)26(23)32)18-13-11-17(12-14-18)21-15-16-35-29-21/h3-16,24,32H,1,28H2,2H3/b5-4-,20-9-. The Kier molecular flexibility index (Phi) is 6.64. The summed E-state index contributed by atoms with van der Waals surface area (Å²) in [6, 6.07) is 14.7. The number of carbonyl (C=O) groups excluding carboxylic acids is 2. The van der Waals surface area contributed by atoms with E-state index in [1.165, 1.54) is 30.4 Å². The van der Waals surface area contributed by atoms with Gasteiger partial charge in [0.25, 0.3) is 5.91 Å².